The third-order valence-corrected chi connectivity index (χ3v) is 3.73. The van der Waals surface area contributed by atoms with Crippen molar-refractivity contribution in [3.8, 4) is 0 Å². The maximum atomic E-state index is 12.7. The first-order valence-corrected chi connectivity index (χ1v) is 7.83. The fraction of sp³-hybridized carbons (Fsp3) is 0.625. The van der Waals surface area contributed by atoms with E-state index in [0.717, 1.165) is 36.5 Å². The van der Waals surface area contributed by atoms with Gasteiger partial charge in [0.25, 0.3) is 5.91 Å². The van der Waals surface area contributed by atoms with Crippen LogP contribution in [0.1, 0.15) is 43.2 Å². The summed E-state index contributed by atoms with van der Waals surface area (Å²) in [5, 5.41) is 3.19. The second-order valence-electron chi connectivity index (χ2n) is 5.27. The number of hydrogen-bond acceptors (Lipinski definition) is 4. The van der Waals surface area contributed by atoms with Crippen molar-refractivity contribution >= 4 is 11.7 Å². The minimum Gasteiger partial charge on any atom is -0.375 e. The third-order valence-electron chi connectivity index (χ3n) is 3.73. The van der Waals surface area contributed by atoms with E-state index in [1.165, 1.54) is 0 Å². The molecule has 1 aromatic heterocycles. The van der Waals surface area contributed by atoms with E-state index < -0.39 is 0 Å². The average molecular weight is 291 g/mol. The van der Waals surface area contributed by atoms with E-state index in [9.17, 15) is 4.79 Å². The van der Waals surface area contributed by atoms with Gasteiger partial charge in [-0.2, -0.15) is 0 Å². The molecule has 1 unspecified atom stereocenters. The lowest BCUT2D eigenvalue weighted by Gasteiger charge is -2.32. The molecule has 0 bridgehead atoms. The van der Waals surface area contributed by atoms with Gasteiger partial charge in [0.05, 0.1) is 12.7 Å². The number of aromatic nitrogens is 1. The van der Waals surface area contributed by atoms with Gasteiger partial charge in [0.1, 0.15) is 5.82 Å². The molecule has 1 atom stereocenters. The number of carbonyl (C=O) groups excluding carboxylic acids is 1. The molecule has 1 saturated heterocycles. The molecule has 5 heteroatoms. The van der Waals surface area contributed by atoms with E-state index in [2.05, 4.69) is 17.2 Å². The molecule has 1 aliphatic heterocycles. The van der Waals surface area contributed by atoms with Gasteiger partial charge >= 0.3 is 0 Å². The van der Waals surface area contributed by atoms with E-state index in [0.29, 0.717) is 19.7 Å². The van der Waals surface area contributed by atoms with Gasteiger partial charge in [0.2, 0.25) is 0 Å². The molecule has 116 valence electrons. The van der Waals surface area contributed by atoms with Crippen LogP contribution in [0, 0.1) is 0 Å². The van der Waals surface area contributed by atoms with Crippen molar-refractivity contribution in [2.24, 2.45) is 0 Å². The summed E-state index contributed by atoms with van der Waals surface area (Å²) in [5.41, 5.74) is 1.66. The van der Waals surface area contributed by atoms with Gasteiger partial charge in [0, 0.05) is 30.9 Å². The molecule has 0 saturated carbocycles. The Morgan fingerprint density at radius 3 is 2.90 bits per heavy atom. The minimum absolute atomic E-state index is 0.0769. The molecule has 2 heterocycles. The zero-order chi connectivity index (χ0) is 15.2. The average Bonchev–Trinajstić information content (AvgIpc) is 2.54. The highest BCUT2D eigenvalue weighted by Crippen LogP contribution is 2.16. The predicted octanol–water partition coefficient (Wildman–Crippen LogP) is 2.33. The number of carbonyl (C=O) groups is 1. The Bertz CT molecular complexity index is 490. The van der Waals surface area contributed by atoms with Crippen molar-refractivity contribution in [2.45, 2.75) is 39.7 Å². The van der Waals surface area contributed by atoms with E-state index in [4.69, 9.17) is 4.74 Å². The summed E-state index contributed by atoms with van der Waals surface area (Å²) >= 11 is 0. The summed E-state index contributed by atoms with van der Waals surface area (Å²) in [6.45, 7) is 8.91. The summed E-state index contributed by atoms with van der Waals surface area (Å²) < 4.78 is 5.63. The summed E-state index contributed by atoms with van der Waals surface area (Å²) in [6.07, 6.45) is 1.91. The van der Waals surface area contributed by atoms with E-state index in [-0.39, 0.29) is 12.0 Å². The Balaban J connectivity index is 2.19. The molecular formula is C16H25N3O2. The van der Waals surface area contributed by atoms with Crippen LogP contribution in [0.5, 0.6) is 0 Å². The van der Waals surface area contributed by atoms with Gasteiger partial charge in [-0.05, 0) is 31.9 Å². The number of aryl methyl sites for hydroxylation is 1. The molecular weight excluding hydrogens is 266 g/mol. The highest BCUT2D eigenvalue weighted by Gasteiger charge is 2.24. The van der Waals surface area contributed by atoms with Crippen molar-refractivity contribution in [1.82, 2.24) is 9.88 Å². The van der Waals surface area contributed by atoms with Gasteiger partial charge in [-0.15, -0.1) is 0 Å². The first-order valence-electron chi connectivity index (χ1n) is 7.83. The van der Waals surface area contributed by atoms with Crippen LogP contribution in [-0.2, 0) is 11.2 Å². The zero-order valence-corrected chi connectivity index (χ0v) is 13.2. The summed E-state index contributed by atoms with van der Waals surface area (Å²) in [7, 11) is 0. The van der Waals surface area contributed by atoms with E-state index >= 15 is 0 Å². The maximum Gasteiger partial charge on any atom is 0.254 e. The largest absolute Gasteiger partial charge is 0.375 e. The van der Waals surface area contributed by atoms with Crippen LogP contribution in [0.15, 0.2) is 12.1 Å². The summed E-state index contributed by atoms with van der Waals surface area (Å²) in [5.74, 6) is 0.855. The first-order chi connectivity index (χ1) is 10.2. The Morgan fingerprint density at radius 1 is 1.43 bits per heavy atom. The number of hydrogen-bond donors (Lipinski definition) is 1. The van der Waals surface area contributed by atoms with Crippen LogP contribution in [0.4, 0.5) is 5.82 Å². The molecule has 0 spiro atoms. The molecule has 5 nitrogen and oxygen atoms in total. The minimum atomic E-state index is 0.0769. The molecule has 0 radical (unpaired) electrons. The summed E-state index contributed by atoms with van der Waals surface area (Å²) in [4.78, 5) is 19.1. The molecule has 0 aromatic carbocycles. The molecule has 1 aromatic rings. The molecule has 1 fully saturated rings. The van der Waals surface area contributed by atoms with Crippen molar-refractivity contribution in [2.75, 3.05) is 31.6 Å². The van der Waals surface area contributed by atoms with Crippen molar-refractivity contribution in [1.29, 1.82) is 0 Å². The number of rotatable bonds is 5. The Hall–Kier alpha value is -1.62. The van der Waals surface area contributed by atoms with Crippen molar-refractivity contribution in [3.63, 3.8) is 0 Å². The topological polar surface area (TPSA) is 54.5 Å². The highest BCUT2D eigenvalue weighted by molar-refractivity contribution is 5.95. The van der Waals surface area contributed by atoms with Gasteiger partial charge in [-0.3, -0.25) is 4.79 Å². The highest BCUT2D eigenvalue weighted by atomic mass is 16.5. The molecule has 0 aliphatic carbocycles. The summed E-state index contributed by atoms with van der Waals surface area (Å²) in [6, 6.07) is 3.75. The molecule has 1 amide bonds. The van der Waals surface area contributed by atoms with E-state index in [1.807, 2.05) is 30.9 Å². The van der Waals surface area contributed by atoms with Gasteiger partial charge in [-0.1, -0.05) is 13.8 Å². The first kappa shape index (κ1) is 15.8. The Morgan fingerprint density at radius 2 is 2.24 bits per heavy atom. The lowest BCUT2D eigenvalue weighted by Crippen LogP contribution is -2.45. The monoisotopic (exact) mass is 291 g/mol. The van der Waals surface area contributed by atoms with Crippen molar-refractivity contribution < 1.29 is 9.53 Å². The number of morpholine rings is 1. The second-order valence-corrected chi connectivity index (χ2v) is 5.27. The zero-order valence-electron chi connectivity index (χ0n) is 13.2. The van der Waals surface area contributed by atoms with Gasteiger partial charge < -0.3 is 15.0 Å². The lowest BCUT2D eigenvalue weighted by molar-refractivity contribution is -0.0226. The Kier molecular flexibility index (Phi) is 5.56. The van der Waals surface area contributed by atoms with Crippen LogP contribution >= 0.6 is 0 Å². The standard InChI is InChI=1S/C16H25N3O2/c1-4-13-9-12(10-15(18-13)17-6-3)16(20)19-7-8-21-14(5-2)11-19/h9-10,14H,4-8,11H2,1-3H3,(H,17,18). The number of amides is 1. The van der Waals surface area contributed by atoms with Crippen molar-refractivity contribution in [3.05, 3.63) is 23.4 Å². The number of pyridine rings is 1. The fourth-order valence-electron chi connectivity index (χ4n) is 2.50. The smallest absolute Gasteiger partial charge is 0.254 e. The van der Waals surface area contributed by atoms with Crippen LogP contribution in [0.3, 0.4) is 0 Å². The van der Waals surface area contributed by atoms with Gasteiger partial charge in [-0.25, -0.2) is 4.98 Å². The normalized spacial score (nSPS) is 18.6. The second kappa shape index (κ2) is 7.41. The number of ether oxygens (including phenoxy) is 1. The van der Waals surface area contributed by atoms with Crippen LogP contribution < -0.4 is 5.32 Å². The maximum absolute atomic E-state index is 12.7. The molecule has 2 rings (SSSR count). The lowest BCUT2D eigenvalue weighted by atomic mass is 10.1. The predicted molar refractivity (Wildman–Crippen MR) is 83.7 cm³/mol. The van der Waals surface area contributed by atoms with Gasteiger partial charge in [0.15, 0.2) is 0 Å². The molecule has 1 N–H and O–H groups in total. The SMILES string of the molecule is CCNc1cc(C(=O)N2CCOC(CC)C2)cc(CC)n1. The Labute approximate surface area is 126 Å². The number of anilines is 1. The number of nitrogens with one attached hydrogen (secondary N) is 1. The fourth-order valence-corrected chi connectivity index (χ4v) is 2.50. The van der Waals surface area contributed by atoms with Crippen LogP contribution in [0.25, 0.3) is 0 Å². The quantitative estimate of drug-likeness (QED) is 0.904. The van der Waals surface area contributed by atoms with E-state index in [1.54, 1.807) is 0 Å². The third kappa shape index (κ3) is 3.94. The molecule has 21 heavy (non-hydrogen) atoms. The van der Waals surface area contributed by atoms with Crippen LogP contribution in [0.2, 0.25) is 0 Å². The number of nitrogens with zero attached hydrogens (tertiary/aromatic N) is 2. The van der Waals surface area contributed by atoms with Crippen LogP contribution in [-0.4, -0.2) is 48.1 Å². The molecule has 1 aliphatic rings.